The van der Waals surface area contributed by atoms with Crippen LogP contribution < -0.4 is 9.47 Å². The first-order valence-corrected chi connectivity index (χ1v) is 8.02. The Kier molecular flexibility index (Phi) is 8.46. The van der Waals surface area contributed by atoms with Crippen LogP contribution in [0.2, 0.25) is 0 Å². The van der Waals surface area contributed by atoms with Crippen LogP contribution in [0.25, 0.3) is 0 Å². The molecule has 0 N–H and O–H groups in total. The van der Waals surface area contributed by atoms with Gasteiger partial charge in [0.15, 0.2) is 11.5 Å². The molecule has 7 heteroatoms. The molecule has 1 unspecified atom stereocenters. The van der Waals surface area contributed by atoms with Gasteiger partial charge in [-0.25, -0.2) is 0 Å². The number of esters is 3. The molecule has 1 rings (SSSR count). The molecule has 0 radical (unpaired) electrons. The minimum Gasteiger partial charge on any atom is -0.493 e. The second kappa shape index (κ2) is 10.3. The van der Waals surface area contributed by atoms with E-state index >= 15 is 0 Å². The minimum absolute atomic E-state index is 0.130. The number of carbonyl (C=O) groups excluding carboxylic acids is 3. The van der Waals surface area contributed by atoms with Crippen LogP contribution in [0.15, 0.2) is 18.2 Å². The summed E-state index contributed by atoms with van der Waals surface area (Å²) in [5.41, 5.74) is 0.804. The van der Waals surface area contributed by atoms with Crippen molar-refractivity contribution in [2.75, 3.05) is 20.3 Å². The normalized spacial score (nSPS) is 11.4. The van der Waals surface area contributed by atoms with Crippen molar-refractivity contribution in [2.24, 2.45) is 0 Å². The Morgan fingerprint density at radius 2 is 1.76 bits per heavy atom. The smallest absolute Gasteiger partial charge is 0.308 e. The highest BCUT2D eigenvalue weighted by Crippen LogP contribution is 2.33. The summed E-state index contributed by atoms with van der Waals surface area (Å²) >= 11 is 0. The fourth-order valence-electron chi connectivity index (χ4n) is 2.27. The molecule has 1 atom stereocenters. The molecule has 1 aromatic rings. The molecule has 0 aliphatic carbocycles. The van der Waals surface area contributed by atoms with Crippen molar-refractivity contribution in [3.05, 3.63) is 23.8 Å². The van der Waals surface area contributed by atoms with Gasteiger partial charge in [-0.1, -0.05) is 6.07 Å². The van der Waals surface area contributed by atoms with Crippen LogP contribution in [0.5, 0.6) is 11.5 Å². The number of ether oxygens (including phenoxy) is 4. The van der Waals surface area contributed by atoms with Crippen molar-refractivity contribution in [1.82, 2.24) is 0 Å². The fourth-order valence-corrected chi connectivity index (χ4v) is 2.27. The van der Waals surface area contributed by atoms with Crippen LogP contribution in [0.3, 0.4) is 0 Å². The summed E-state index contributed by atoms with van der Waals surface area (Å²) < 4.78 is 20.4. The average Bonchev–Trinajstić information content (AvgIpc) is 2.55. The van der Waals surface area contributed by atoms with Gasteiger partial charge in [0.05, 0.1) is 20.3 Å². The van der Waals surface area contributed by atoms with Gasteiger partial charge < -0.3 is 18.9 Å². The summed E-state index contributed by atoms with van der Waals surface area (Å²) in [4.78, 5) is 33.9. The van der Waals surface area contributed by atoms with Crippen LogP contribution in [0.1, 0.15) is 45.1 Å². The van der Waals surface area contributed by atoms with E-state index in [1.165, 1.54) is 21.0 Å². The molecule has 0 saturated carbocycles. The zero-order chi connectivity index (χ0) is 18.8. The predicted molar refractivity (Wildman–Crippen MR) is 89.5 cm³/mol. The number of hydrogen-bond donors (Lipinski definition) is 0. The van der Waals surface area contributed by atoms with Crippen LogP contribution >= 0.6 is 0 Å². The summed E-state index contributed by atoms with van der Waals surface area (Å²) in [5, 5.41) is 0. The van der Waals surface area contributed by atoms with Crippen molar-refractivity contribution in [3.8, 4) is 11.5 Å². The zero-order valence-electron chi connectivity index (χ0n) is 15.0. The van der Waals surface area contributed by atoms with Gasteiger partial charge in [0.2, 0.25) is 0 Å². The van der Waals surface area contributed by atoms with E-state index in [9.17, 15) is 14.4 Å². The van der Waals surface area contributed by atoms with E-state index in [2.05, 4.69) is 0 Å². The molecule has 0 aromatic heterocycles. The number of benzene rings is 1. The lowest BCUT2D eigenvalue weighted by Crippen LogP contribution is -2.14. The molecule has 0 aliphatic rings. The van der Waals surface area contributed by atoms with Crippen LogP contribution in [0.4, 0.5) is 0 Å². The first kappa shape index (κ1) is 20.5. The molecule has 0 fully saturated rings. The maximum Gasteiger partial charge on any atom is 0.308 e. The van der Waals surface area contributed by atoms with Crippen LogP contribution in [0, 0.1) is 0 Å². The molecule has 138 valence electrons. The maximum atomic E-state index is 11.6. The van der Waals surface area contributed by atoms with E-state index in [1.807, 2.05) is 0 Å². The molecule has 0 spiro atoms. The van der Waals surface area contributed by atoms with E-state index < -0.39 is 11.9 Å². The van der Waals surface area contributed by atoms with E-state index in [-0.39, 0.29) is 24.9 Å². The standard InChI is InChI=1S/C18H24O7/c1-5-23-18(21)9-7-15(11-24-12(2)19)14-6-8-16(25-13(3)20)17(10-14)22-4/h6,8,10,15H,5,7,9,11H2,1-4H3. The number of methoxy groups -OCH3 is 1. The number of rotatable bonds is 9. The van der Waals surface area contributed by atoms with Gasteiger partial charge in [-0.05, 0) is 31.0 Å². The van der Waals surface area contributed by atoms with Crippen molar-refractivity contribution in [1.29, 1.82) is 0 Å². The van der Waals surface area contributed by atoms with E-state index in [1.54, 1.807) is 25.1 Å². The van der Waals surface area contributed by atoms with Crippen LogP contribution in [-0.2, 0) is 23.9 Å². The first-order chi connectivity index (χ1) is 11.9. The molecule has 0 heterocycles. The van der Waals surface area contributed by atoms with Gasteiger partial charge in [0.1, 0.15) is 0 Å². The van der Waals surface area contributed by atoms with Gasteiger partial charge in [-0.3, -0.25) is 14.4 Å². The molecule has 1 aromatic carbocycles. The molecule has 0 aliphatic heterocycles. The highest BCUT2D eigenvalue weighted by Gasteiger charge is 2.18. The van der Waals surface area contributed by atoms with E-state index in [0.29, 0.717) is 24.5 Å². The molecule has 7 nitrogen and oxygen atoms in total. The van der Waals surface area contributed by atoms with E-state index in [0.717, 1.165) is 5.56 Å². The van der Waals surface area contributed by atoms with Crippen molar-refractivity contribution in [3.63, 3.8) is 0 Å². The third kappa shape index (κ3) is 7.24. The van der Waals surface area contributed by atoms with Gasteiger partial charge in [-0.15, -0.1) is 0 Å². The molecular formula is C18H24O7. The lowest BCUT2D eigenvalue weighted by molar-refractivity contribution is -0.143. The summed E-state index contributed by atoms with van der Waals surface area (Å²) in [5.74, 6) is -0.686. The van der Waals surface area contributed by atoms with Crippen molar-refractivity contribution < 1.29 is 33.3 Å². The SMILES string of the molecule is CCOC(=O)CCC(COC(C)=O)c1ccc(OC(C)=O)c(OC)c1. The van der Waals surface area contributed by atoms with Gasteiger partial charge in [0, 0.05) is 26.2 Å². The summed E-state index contributed by atoms with van der Waals surface area (Å²) in [6, 6.07) is 5.07. The third-order valence-corrected chi connectivity index (χ3v) is 3.40. The highest BCUT2D eigenvalue weighted by atomic mass is 16.6. The van der Waals surface area contributed by atoms with Gasteiger partial charge in [-0.2, -0.15) is 0 Å². The minimum atomic E-state index is -0.454. The topological polar surface area (TPSA) is 88.1 Å². The zero-order valence-corrected chi connectivity index (χ0v) is 15.0. The van der Waals surface area contributed by atoms with E-state index in [4.69, 9.17) is 18.9 Å². The quantitative estimate of drug-likeness (QED) is 0.498. The Labute approximate surface area is 147 Å². The number of carbonyl (C=O) groups is 3. The van der Waals surface area contributed by atoms with Crippen molar-refractivity contribution in [2.45, 2.75) is 39.5 Å². The Balaban J connectivity index is 2.96. The highest BCUT2D eigenvalue weighted by molar-refractivity contribution is 5.71. The van der Waals surface area contributed by atoms with Crippen molar-refractivity contribution >= 4 is 17.9 Å². The summed E-state index contributed by atoms with van der Waals surface area (Å²) in [6.07, 6.45) is 0.649. The molecule has 0 amide bonds. The second-order valence-corrected chi connectivity index (χ2v) is 5.35. The largest absolute Gasteiger partial charge is 0.493 e. The average molecular weight is 352 g/mol. The monoisotopic (exact) mass is 352 g/mol. The Morgan fingerprint density at radius 3 is 2.32 bits per heavy atom. The second-order valence-electron chi connectivity index (χ2n) is 5.35. The lowest BCUT2D eigenvalue weighted by Gasteiger charge is -2.18. The molecular weight excluding hydrogens is 328 g/mol. The molecule has 0 bridgehead atoms. The lowest BCUT2D eigenvalue weighted by atomic mass is 9.94. The predicted octanol–water partition coefficient (Wildman–Crippen LogP) is 2.61. The Hall–Kier alpha value is -2.57. The summed E-state index contributed by atoms with van der Waals surface area (Å²) in [6.45, 7) is 4.82. The van der Waals surface area contributed by atoms with Gasteiger partial charge >= 0.3 is 17.9 Å². The van der Waals surface area contributed by atoms with Gasteiger partial charge in [0.25, 0.3) is 0 Å². The Bertz CT molecular complexity index is 609. The maximum absolute atomic E-state index is 11.6. The fraction of sp³-hybridized carbons (Fsp3) is 0.500. The van der Waals surface area contributed by atoms with Crippen LogP contribution in [-0.4, -0.2) is 38.2 Å². The summed E-state index contributed by atoms with van der Waals surface area (Å²) in [7, 11) is 1.46. The Morgan fingerprint density at radius 1 is 1.04 bits per heavy atom. The molecule has 25 heavy (non-hydrogen) atoms. The number of hydrogen-bond acceptors (Lipinski definition) is 7. The third-order valence-electron chi connectivity index (χ3n) is 3.40. The molecule has 0 saturated heterocycles. The first-order valence-electron chi connectivity index (χ1n) is 8.02.